The van der Waals surface area contributed by atoms with Gasteiger partial charge in [-0.05, 0) is 36.4 Å². The second-order valence-electron chi connectivity index (χ2n) is 3.87. The highest BCUT2D eigenvalue weighted by Gasteiger charge is 2.00. The Hall–Kier alpha value is -2.17. The van der Waals surface area contributed by atoms with Gasteiger partial charge in [-0.15, -0.1) is 0 Å². The van der Waals surface area contributed by atoms with E-state index in [0.717, 1.165) is 6.29 Å². The molecule has 0 aromatic heterocycles. The lowest BCUT2D eigenvalue weighted by atomic mass is 10.2. The summed E-state index contributed by atoms with van der Waals surface area (Å²) in [7, 11) is 1.52. The van der Waals surface area contributed by atoms with Crippen molar-refractivity contribution in [2.24, 2.45) is 0 Å². The molecule has 0 heterocycles. The van der Waals surface area contributed by atoms with Crippen LogP contribution in [0.3, 0.4) is 0 Å². The minimum Gasteiger partial charge on any atom is -0.629 e. The highest BCUT2D eigenvalue weighted by atomic mass is 16.5. The molecule has 0 aliphatic heterocycles. The van der Waals surface area contributed by atoms with Crippen molar-refractivity contribution in [1.82, 2.24) is 0 Å². The molecule has 4 nitrogen and oxygen atoms in total. The summed E-state index contributed by atoms with van der Waals surface area (Å²) in [4.78, 5) is 10.5. The number of ether oxygens (including phenoxy) is 1. The summed E-state index contributed by atoms with van der Waals surface area (Å²) in [6.07, 6.45) is 0.783. The molecule has 0 amide bonds. The lowest BCUT2D eigenvalue weighted by Gasteiger charge is -2.15. The van der Waals surface area contributed by atoms with Crippen molar-refractivity contribution in [3.63, 3.8) is 0 Å². The van der Waals surface area contributed by atoms with E-state index in [9.17, 15) is 10.0 Å². The maximum atomic E-state index is 11.1. The largest absolute Gasteiger partial charge is 0.629 e. The molecule has 0 saturated carbocycles. The maximum Gasteiger partial charge on any atom is 0.150 e. The number of hydroxylamine groups is 1. The van der Waals surface area contributed by atoms with Gasteiger partial charge in [-0.1, -0.05) is 0 Å². The van der Waals surface area contributed by atoms with Gasteiger partial charge in [0.15, 0.2) is 0 Å². The first kappa shape index (κ1) is 12.3. The third-order valence-electron chi connectivity index (χ3n) is 2.51. The number of hydrogen-bond acceptors (Lipinski definition) is 3. The lowest BCUT2D eigenvalue weighted by Crippen LogP contribution is -2.98. The Morgan fingerprint density at radius 2 is 1.50 bits per heavy atom. The van der Waals surface area contributed by atoms with Crippen molar-refractivity contribution in [2.75, 3.05) is 7.05 Å². The minimum absolute atomic E-state index is 0.0249. The fourth-order valence-electron chi connectivity index (χ4n) is 1.51. The molecule has 0 aliphatic rings. The number of carbonyl (C=O) groups excluding carboxylic acids is 1. The summed E-state index contributed by atoms with van der Waals surface area (Å²) in [6, 6.07) is 13.7. The Morgan fingerprint density at radius 1 is 1.00 bits per heavy atom. The molecule has 92 valence electrons. The Morgan fingerprint density at radius 3 is 1.94 bits per heavy atom. The van der Waals surface area contributed by atoms with Crippen LogP contribution in [0.15, 0.2) is 48.5 Å². The first-order valence-electron chi connectivity index (χ1n) is 5.53. The molecule has 1 N–H and O–H groups in total. The molecule has 4 heteroatoms. The standard InChI is InChI=1S/C14H13NO3/c1-15(17)12-4-8-14(9-5-12)18-13-6-2-11(10-16)3-7-13/h2-10,15H,1H3. The summed E-state index contributed by atoms with van der Waals surface area (Å²) < 4.78 is 5.59. The normalized spacial score (nSPS) is 11.9. The summed E-state index contributed by atoms with van der Waals surface area (Å²) in [5, 5.41) is 11.1. The quantitative estimate of drug-likeness (QED) is 0.659. The Labute approximate surface area is 105 Å². The van der Waals surface area contributed by atoms with Crippen LogP contribution in [-0.2, 0) is 0 Å². The molecular weight excluding hydrogens is 230 g/mol. The van der Waals surface area contributed by atoms with Gasteiger partial charge in [0.2, 0.25) is 0 Å². The maximum absolute atomic E-state index is 11.1. The van der Waals surface area contributed by atoms with E-state index in [2.05, 4.69) is 0 Å². The van der Waals surface area contributed by atoms with Crippen LogP contribution in [0.5, 0.6) is 11.5 Å². The Bertz CT molecular complexity index is 518. The fourth-order valence-corrected chi connectivity index (χ4v) is 1.51. The van der Waals surface area contributed by atoms with Crippen LogP contribution < -0.4 is 9.80 Å². The van der Waals surface area contributed by atoms with E-state index in [4.69, 9.17) is 4.74 Å². The lowest BCUT2D eigenvalue weighted by molar-refractivity contribution is -0.751. The molecule has 18 heavy (non-hydrogen) atoms. The van der Waals surface area contributed by atoms with Gasteiger partial charge >= 0.3 is 0 Å². The minimum atomic E-state index is 0.0249. The van der Waals surface area contributed by atoms with Crippen molar-refractivity contribution in [3.05, 3.63) is 59.3 Å². The Kier molecular flexibility index (Phi) is 3.72. The van der Waals surface area contributed by atoms with Crippen molar-refractivity contribution in [1.29, 1.82) is 0 Å². The zero-order valence-corrected chi connectivity index (χ0v) is 9.92. The number of quaternary nitrogens is 1. The van der Waals surface area contributed by atoms with Gasteiger partial charge in [-0.2, -0.15) is 0 Å². The van der Waals surface area contributed by atoms with Crippen molar-refractivity contribution in [3.8, 4) is 11.5 Å². The van der Waals surface area contributed by atoms with Crippen molar-refractivity contribution in [2.45, 2.75) is 0 Å². The molecule has 0 radical (unpaired) electrons. The predicted molar refractivity (Wildman–Crippen MR) is 68.3 cm³/mol. The number of hydrogen-bond donors (Lipinski definition) is 1. The zero-order valence-electron chi connectivity index (χ0n) is 9.92. The van der Waals surface area contributed by atoms with Gasteiger partial charge in [-0.3, -0.25) is 4.79 Å². The second kappa shape index (κ2) is 5.44. The van der Waals surface area contributed by atoms with Crippen LogP contribution in [0.25, 0.3) is 0 Å². The molecule has 0 aliphatic carbocycles. The number of nitrogens with one attached hydrogen (secondary N) is 1. The highest BCUT2D eigenvalue weighted by molar-refractivity contribution is 5.74. The summed E-state index contributed by atoms with van der Waals surface area (Å²) in [5.41, 5.74) is 1.26. The molecule has 2 rings (SSSR count). The SMILES string of the molecule is C[NH+]([O-])c1ccc(Oc2ccc(C=O)cc2)cc1. The second-order valence-corrected chi connectivity index (χ2v) is 3.87. The molecule has 1 unspecified atom stereocenters. The summed E-state index contributed by atoms with van der Waals surface area (Å²) in [6.45, 7) is 0. The smallest absolute Gasteiger partial charge is 0.150 e. The van der Waals surface area contributed by atoms with Gasteiger partial charge in [0.1, 0.15) is 23.5 Å². The Balaban J connectivity index is 2.10. The van der Waals surface area contributed by atoms with Crippen LogP contribution in [0.2, 0.25) is 0 Å². The molecule has 0 spiro atoms. The van der Waals surface area contributed by atoms with Gasteiger partial charge in [0, 0.05) is 17.7 Å². The third-order valence-corrected chi connectivity index (χ3v) is 2.51. The van der Waals surface area contributed by atoms with Crippen LogP contribution in [0, 0.1) is 5.21 Å². The van der Waals surface area contributed by atoms with E-state index in [-0.39, 0.29) is 5.06 Å². The number of benzene rings is 2. The van der Waals surface area contributed by atoms with Gasteiger partial charge in [0.05, 0.1) is 7.05 Å². The number of rotatable bonds is 4. The van der Waals surface area contributed by atoms with E-state index < -0.39 is 0 Å². The molecule has 0 fully saturated rings. The predicted octanol–water partition coefficient (Wildman–Crippen LogP) is 1.94. The molecular formula is C14H13NO3. The summed E-state index contributed by atoms with van der Waals surface area (Å²) >= 11 is 0. The molecule has 2 aromatic rings. The first-order valence-corrected chi connectivity index (χ1v) is 5.53. The van der Waals surface area contributed by atoms with E-state index in [1.807, 2.05) is 0 Å². The van der Waals surface area contributed by atoms with Gasteiger partial charge in [-0.25, -0.2) is 0 Å². The molecule has 2 aromatic carbocycles. The van der Waals surface area contributed by atoms with Crippen LogP contribution in [0.1, 0.15) is 10.4 Å². The van der Waals surface area contributed by atoms with Crippen LogP contribution >= 0.6 is 0 Å². The molecule has 0 bridgehead atoms. The molecule has 0 saturated heterocycles. The highest BCUT2D eigenvalue weighted by Crippen LogP contribution is 2.22. The average molecular weight is 243 g/mol. The molecule has 1 atom stereocenters. The van der Waals surface area contributed by atoms with Crippen molar-refractivity contribution >= 4 is 12.0 Å². The zero-order chi connectivity index (χ0) is 13.0. The van der Waals surface area contributed by atoms with Crippen LogP contribution in [0.4, 0.5) is 5.69 Å². The number of aldehydes is 1. The van der Waals surface area contributed by atoms with E-state index in [0.29, 0.717) is 22.7 Å². The first-order chi connectivity index (χ1) is 8.69. The fraction of sp³-hybridized carbons (Fsp3) is 0.0714. The van der Waals surface area contributed by atoms with Crippen LogP contribution in [-0.4, -0.2) is 13.3 Å². The van der Waals surface area contributed by atoms with Gasteiger partial charge in [0.25, 0.3) is 0 Å². The monoisotopic (exact) mass is 243 g/mol. The third kappa shape index (κ3) is 2.94. The van der Waals surface area contributed by atoms with E-state index >= 15 is 0 Å². The van der Waals surface area contributed by atoms with E-state index in [1.165, 1.54) is 7.05 Å². The van der Waals surface area contributed by atoms with Gasteiger partial charge < -0.3 is 15.0 Å². The topological polar surface area (TPSA) is 53.8 Å². The summed E-state index contributed by atoms with van der Waals surface area (Å²) in [5.74, 6) is 1.30. The average Bonchev–Trinajstić information content (AvgIpc) is 2.40. The van der Waals surface area contributed by atoms with Crippen molar-refractivity contribution < 1.29 is 14.6 Å². The number of carbonyl (C=O) groups is 1. The van der Waals surface area contributed by atoms with E-state index in [1.54, 1.807) is 48.5 Å².